The van der Waals surface area contributed by atoms with Gasteiger partial charge in [0.05, 0.1) is 10.7 Å². The molecule has 0 aliphatic rings. The number of thiophene rings is 1. The maximum atomic E-state index is 12.2. The summed E-state index contributed by atoms with van der Waals surface area (Å²) in [6, 6.07) is 7.06. The predicted molar refractivity (Wildman–Crippen MR) is 90.7 cm³/mol. The summed E-state index contributed by atoms with van der Waals surface area (Å²) in [6.07, 6.45) is 0. The number of hydrogen-bond acceptors (Lipinski definition) is 4. The second kappa shape index (κ2) is 6.89. The molecule has 1 heterocycles. The Kier molecular flexibility index (Phi) is 5.17. The fourth-order valence-electron chi connectivity index (χ4n) is 1.61. The van der Waals surface area contributed by atoms with Crippen molar-refractivity contribution in [1.82, 2.24) is 0 Å². The van der Waals surface area contributed by atoms with Crippen LogP contribution in [0.5, 0.6) is 5.75 Å². The summed E-state index contributed by atoms with van der Waals surface area (Å²) >= 11 is 12.2. The monoisotopic (exact) mass is 340 g/mol. The van der Waals surface area contributed by atoms with Gasteiger partial charge in [0.25, 0.3) is 5.91 Å². The molecule has 4 nitrogen and oxygen atoms in total. The third-order valence-electron chi connectivity index (χ3n) is 2.61. The molecule has 0 saturated heterocycles. The van der Waals surface area contributed by atoms with Crippen molar-refractivity contribution < 1.29 is 9.53 Å². The number of thiocarbonyl (C=S) groups is 1. The Balaban J connectivity index is 2.17. The number of nitrogens with two attached hydrogens (primary N) is 1. The highest BCUT2D eigenvalue weighted by atomic mass is 35.5. The quantitative estimate of drug-likeness (QED) is 0.816. The number of para-hydroxylation sites is 2. The van der Waals surface area contributed by atoms with E-state index in [2.05, 4.69) is 5.32 Å². The van der Waals surface area contributed by atoms with Crippen LogP contribution in [0, 0.1) is 6.92 Å². The van der Waals surface area contributed by atoms with E-state index in [1.165, 1.54) is 11.3 Å². The molecule has 0 fully saturated rings. The van der Waals surface area contributed by atoms with Crippen molar-refractivity contribution in [1.29, 1.82) is 0 Å². The lowest BCUT2D eigenvalue weighted by molar-refractivity contribution is 0.103. The number of hydrogen-bond donors (Lipinski definition) is 2. The van der Waals surface area contributed by atoms with E-state index >= 15 is 0 Å². The molecule has 0 spiro atoms. The smallest absolute Gasteiger partial charge is 0.267 e. The van der Waals surface area contributed by atoms with Gasteiger partial charge in [0.1, 0.15) is 22.2 Å². The van der Waals surface area contributed by atoms with Crippen molar-refractivity contribution in [3.8, 4) is 5.75 Å². The molecule has 0 aliphatic heterocycles. The van der Waals surface area contributed by atoms with E-state index in [9.17, 15) is 4.79 Å². The molecule has 0 bridgehead atoms. The number of carbonyl (C=O) groups excluding carboxylic acids is 1. The van der Waals surface area contributed by atoms with Crippen LogP contribution in [0.15, 0.2) is 29.6 Å². The second-order valence-corrected chi connectivity index (χ2v) is 6.05. The molecule has 0 atom stereocenters. The molecule has 1 aromatic heterocycles. The van der Waals surface area contributed by atoms with Gasteiger partial charge < -0.3 is 15.8 Å². The van der Waals surface area contributed by atoms with Crippen LogP contribution in [-0.2, 0) is 0 Å². The minimum Gasteiger partial charge on any atom is -0.484 e. The van der Waals surface area contributed by atoms with Crippen LogP contribution in [0.3, 0.4) is 0 Å². The fraction of sp³-hybridized carbons (Fsp3) is 0.143. The van der Waals surface area contributed by atoms with Crippen molar-refractivity contribution >= 4 is 51.7 Å². The molecular weight excluding hydrogens is 328 g/mol. The minimum atomic E-state index is -0.274. The SMILES string of the molecule is Cc1csc(C(=O)Nc2ccccc2OCC(N)=S)c1Cl. The molecule has 0 aliphatic carbocycles. The minimum absolute atomic E-state index is 0.112. The van der Waals surface area contributed by atoms with Gasteiger partial charge in [-0.05, 0) is 30.0 Å². The average Bonchev–Trinajstić information content (AvgIpc) is 2.78. The summed E-state index contributed by atoms with van der Waals surface area (Å²) in [5.41, 5.74) is 6.83. The highest BCUT2D eigenvalue weighted by Crippen LogP contribution is 2.30. The van der Waals surface area contributed by atoms with E-state index in [4.69, 9.17) is 34.3 Å². The van der Waals surface area contributed by atoms with E-state index in [0.29, 0.717) is 21.3 Å². The van der Waals surface area contributed by atoms with E-state index in [0.717, 1.165) is 5.56 Å². The van der Waals surface area contributed by atoms with Crippen LogP contribution in [0.4, 0.5) is 5.69 Å². The van der Waals surface area contributed by atoms with E-state index < -0.39 is 0 Å². The van der Waals surface area contributed by atoms with Gasteiger partial charge in [0.15, 0.2) is 0 Å². The summed E-state index contributed by atoms with van der Waals surface area (Å²) in [5, 5.41) is 5.09. The molecule has 2 aromatic rings. The van der Waals surface area contributed by atoms with Crippen molar-refractivity contribution in [2.45, 2.75) is 6.92 Å². The molecule has 0 unspecified atom stereocenters. The topological polar surface area (TPSA) is 64.3 Å². The van der Waals surface area contributed by atoms with Gasteiger partial charge in [0, 0.05) is 0 Å². The Morgan fingerprint density at radius 1 is 1.48 bits per heavy atom. The zero-order valence-corrected chi connectivity index (χ0v) is 13.6. The molecule has 1 aromatic carbocycles. The van der Waals surface area contributed by atoms with Gasteiger partial charge in [-0.15, -0.1) is 11.3 Å². The number of carbonyl (C=O) groups is 1. The van der Waals surface area contributed by atoms with Gasteiger partial charge in [0.2, 0.25) is 0 Å². The van der Waals surface area contributed by atoms with Crippen molar-refractivity contribution in [2.24, 2.45) is 5.73 Å². The standard InChI is InChI=1S/C14H13ClN2O2S2/c1-8-7-21-13(12(8)15)14(18)17-9-4-2-3-5-10(9)19-6-11(16)20/h2-5,7H,6H2,1H3,(H2,16,20)(H,17,18). The van der Waals surface area contributed by atoms with Gasteiger partial charge in [-0.2, -0.15) is 0 Å². The lowest BCUT2D eigenvalue weighted by Gasteiger charge is -2.11. The van der Waals surface area contributed by atoms with Gasteiger partial charge in [-0.25, -0.2) is 0 Å². The van der Waals surface area contributed by atoms with Crippen LogP contribution in [0.1, 0.15) is 15.2 Å². The number of halogens is 1. The Morgan fingerprint density at radius 2 is 2.19 bits per heavy atom. The Hall–Kier alpha value is -1.63. The number of amides is 1. The maximum absolute atomic E-state index is 12.2. The second-order valence-electron chi connectivity index (χ2n) is 4.27. The number of ether oxygens (including phenoxy) is 1. The van der Waals surface area contributed by atoms with Gasteiger partial charge >= 0.3 is 0 Å². The highest BCUT2D eigenvalue weighted by molar-refractivity contribution is 7.80. The maximum Gasteiger partial charge on any atom is 0.267 e. The molecule has 2 rings (SSSR count). The van der Waals surface area contributed by atoms with Crippen LogP contribution in [-0.4, -0.2) is 17.5 Å². The molecule has 110 valence electrons. The van der Waals surface area contributed by atoms with Crippen LogP contribution >= 0.6 is 35.2 Å². The van der Waals surface area contributed by atoms with Gasteiger partial charge in [-0.1, -0.05) is 36.0 Å². The summed E-state index contributed by atoms with van der Waals surface area (Å²) in [6.45, 7) is 1.97. The summed E-state index contributed by atoms with van der Waals surface area (Å²) in [4.78, 5) is 13.0. The lowest BCUT2D eigenvalue weighted by Crippen LogP contribution is -2.19. The number of rotatable bonds is 5. The predicted octanol–water partition coefficient (Wildman–Crippen LogP) is 3.63. The Morgan fingerprint density at radius 3 is 2.81 bits per heavy atom. The first kappa shape index (κ1) is 15.8. The van der Waals surface area contributed by atoms with Crippen molar-refractivity contribution in [3.05, 3.63) is 45.1 Å². The molecule has 0 saturated carbocycles. The molecule has 21 heavy (non-hydrogen) atoms. The first-order chi connectivity index (χ1) is 9.99. The van der Waals surface area contributed by atoms with Crippen molar-refractivity contribution in [3.63, 3.8) is 0 Å². The summed E-state index contributed by atoms with van der Waals surface area (Å²) in [5.74, 6) is 0.229. The molecule has 0 radical (unpaired) electrons. The first-order valence-corrected chi connectivity index (χ1v) is 7.70. The van der Waals surface area contributed by atoms with Gasteiger partial charge in [-0.3, -0.25) is 4.79 Å². The Bertz CT molecular complexity index is 685. The van der Waals surface area contributed by atoms with E-state index in [1.54, 1.807) is 24.3 Å². The fourth-order valence-corrected chi connectivity index (χ4v) is 2.84. The average molecular weight is 341 g/mol. The molecule has 1 amide bonds. The normalized spacial score (nSPS) is 10.2. The van der Waals surface area contributed by atoms with Crippen LogP contribution in [0.2, 0.25) is 5.02 Å². The number of aryl methyl sites for hydroxylation is 1. The Labute approximate surface area is 136 Å². The summed E-state index contributed by atoms with van der Waals surface area (Å²) in [7, 11) is 0. The zero-order chi connectivity index (χ0) is 15.4. The number of anilines is 1. The zero-order valence-electron chi connectivity index (χ0n) is 11.2. The van der Waals surface area contributed by atoms with Crippen molar-refractivity contribution in [2.75, 3.05) is 11.9 Å². The third kappa shape index (κ3) is 3.93. The number of nitrogens with one attached hydrogen (secondary N) is 1. The first-order valence-electron chi connectivity index (χ1n) is 6.04. The van der Waals surface area contributed by atoms with E-state index in [-0.39, 0.29) is 17.5 Å². The largest absolute Gasteiger partial charge is 0.484 e. The molecule has 7 heteroatoms. The number of benzene rings is 1. The van der Waals surface area contributed by atoms with Crippen LogP contribution in [0.25, 0.3) is 0 Å². The lowest BCUT2D eigenvalue weighted by atomic mass is 10.2. The molecule has 3 N–H and O–H groups in total. The molecular formula is C14H13ClN2O2S2. The highest BCUT2D eigenvalue weighted by Gasteiger charge is 2.16. The third-order valence-corrected chi connectivity index (χ3v) is 4.42. The van der Waals surface area contributed by atoms with Crippen LogP contribution < -0.4 is 15.8 Å². The van der Waals surface area contributed by atoms with E-state index in [1.807, 2.05) is 12.3 Å². The summed E-state index contributed by atoms with van der Waals surface area (Å²) < 4.78 is 5.46.